The standard InChI is InChI=1S/C21H21N/c1-14-5-9-18(10-6-14)20-16(3)13-17(4)21(22-20)19-11-7-15(2)8-12-19/h5-13H,1-4H3. The van der Waals surface area contributed by atoms with Crippen LogP contribution in [0.1, 0.15) is 22.3 Å². The van der Waals surface area contributed by atoms with Gasteiger partial charge in [0, 0.05) is 11.1 Å². The lowest BCUT2D eigenvalue weighted by Crippen LogP contribution is -1.95. The van der Waals surface area contributed by atoms with Gasteiger partial charge >= 0.3 is 0 Å². The first-order chi connectivity index (χ1) is 10.5. The van der Waals surface area contributed by atoms with Crippen LogP contribution in [-0.2, 0) is 0 Å². The van der Waals surface area contributed by atoms with Crippen LogP contribution in [0.3, 0.4) is 0 Å². The Morgan fingerprint density at radius 1 is 0.545 bits per heavy atom. The van der Waals surface area contributed by atoms with E-state index in [9.17, 15) is 0 Å². The quantitative estimate of drug-likeness (QED) is 0.593. The fourth-order valence-electron chi connectivity index (χ4n) is 2.76. The number of nitrogens with zero attached hydrogens (tertiary/aromatic N) is 1. The maximum absolute atomic E-state index is 4.97. The zero-order chi connectivity index (χ0) is 15.7. The molecule has 1 nitrogen and oxygen atoms in total. The average Bonchev–Trinajstić information content (AvgIpc) is 2.50. The summed E-state index contributed by atoms with van der Waals surface area (Å²) >= 11 is 0. The van der Waals surface area contributed by atoms with Crippen molar-refractivity contribution < 1.29 is 0 Å². The van der Waals surface area contributed by atoms with E-state index in [4.69, 9.17) is 4.98 Å². The van der Waals surface area contributed by atoms with Crippen LogP contribution in [-0.4, -0.2) is 4.98 Å². The third kappa shape index (κ3) is 2.80. The second-order valence-electron chi connectivity index (χ2n) is 6.05. The molecule has 1 heteroatoms. The van der Waals surface area contributed by atoms with Gasteiger partial charge in [-0.1, -0.05) is 65.7 Å². The van der Waals surface area contributed by atoms with Gasteiger partial charge in [-0.3, -0.25) is 0 Å². The fraction of sp³-hybridized carbons (Fsp3) is 0.190. The predicted molar refractivity (Wildman–Crippen MR) is 94.1 cm³/mol. The van der Waals surface area contributed by atoms with Crippen LogP contribution in [0.5, 0.6) is 0 Å². The molecule has 0 aliphatic carbocycles. The van der Waals surface area contributed by atoms with Crippen molar-refractivity contribution in [2.45, 2.75) is 27.7 Å². The van der Waals surface area contributed by atoms with Crippen LogP contribution in [0.25, 0.3) is 22.5 Å². The van der Waals surface area contributed by atoms with Gasteiger partial charge in [-0.15, -0.1) is 0 Å². The third-order valence-corrected chi connectivity index (χ3v) is 4.05. The summed E-state index contributed by atoms with van der Waals surface area (Å²) in [4.78, 5) is 4.97. The molecule has 0 aliphatic rings. The van der Waals surface area contributed by atoms with Crippen molar-refractivity contribution in [1.82, 2.24) is 4.98 Å². The molecule has 22 heavy (non-hydrogen) atoms. The molecule has 3 aromatic rings. The highest BCUT2D eigenvalue weighted by atomic mass is 14.7. The van der Waals surface area contributed by atoms with Crippen LogP contribution < -0.4 is 0 Å². The highest BCUT2D eigenvalue weighted by Gasteiger charge is 2.10. The summed E-state index contributed by atoms with van der Waals surface area (Å²) in [6.45, 7) is 8.48. The highest BCUT2D eigenvalue weighted by Crippen LogP contribution is 2.29. The Labute approximate surface area is 132 Å². The van der Waals surface area contributed by atoms with E-state index in [-0.39, 0.29) is 0 Å². The number of aromatic nitrogens is 1. The number of hydrogen-bond acceptors (Lipinski definition) is 1. The van der Waals surface area contributed by atoms with E-state index in [1.54, 1.807) is 0 Å². The van der Waals surface area contributed by atoms with Gasteiger partial charge in [0.05, 0.1) is 11.4 Å². The third-order valence-electron chi connectivity index (χ3n) is 4.05. The fourth-order valence-corrected chi connectivity index (χ4v) is 2.76. The Balaban J connectivity index is 2.14. The maximum atomic E-state index is 4.97. The van der Waals surface area contributed by atoms with E-state index in [1.807, 2.05) is 0 Å². The van der Waals surface area contributed by atoms with Crippen molar-refractivity contribution in [3.8, 4) is 22.5 Å². The molecule has 0 spiro atoms. The van der Waals surface area contributed by atoms with Crippen LogP contribution in [0, 0.1) is 27.7 Å². The van der Waals surface area contributed by atoms with Crippen LogP contribution in [0.15, 0.2) is 54.6 Å². The first kappa shape index (κ1) is 14.5. The van der Waals surface area contributed by atoms with Crippen molar-refractivity contribution in [3.63, 3.8) is 0 Å². The van der Waals surface area contributed by atoms with Gasteiger partial charge in [-0.2, -0.15) is 0 Å². The minimum atomic E-state index is 1.07. The van der Waals surface area contributed by atoms with Crippen molar-refractivity contribution in [3.05, 3.63) is 76.9 Å². The summed E-state index contributed by atoms with van der Waals surface area (Å²) < 4.78 is 0. The first-order valence-electron chi connectivity index (χ1n) is 7.67. The minimum Gasteiger partial charge on any atom is -0.247 e. The SMILES string of the molecule is Cc1ccc(-c2nc(-c3ccc(C)cc3)c(C)cc2C)cc1. The summed E-state index contributed by atoms with van der Waals surface area (Å²) in [5, 5.41) is 0. The molecule has 110 valence electrons. The lowest BCUT2D eigenvalue weighted by molar-refractivity contribution is 1.22. The molecule has 2 aromatic carbocycles. The molecule has 0 fully saturated rings. The summed E-state index contributed by atoms with van der Waals surface area (Å²) in [6, 6.07) is 19.4. The smallest absolute Gasteiger partial charge is 0.0738 e. The lowest BCUT2D eigenvalue weighted by atomic mass is 9.99. The van der Waals surface area contributed by atoms with Crippen molar-refractivity contribution >= 4 is 0 Å². The number of pyridine rings is 1. The molecule has 0 radical (unpaired) electrons. The minimum absolute atomic E-state index is 1.07. The van der Waals surface area contributed by atoms with E-state index >= 15 is 0 Å². The number of rotatable bonds is 2. The van der Waals surface area contributed by atoms with Gasteiger partial charge in [0.1, 0.15) is 0 Å². The predicted octanol–water partition coefficient (Wildman–Crippen LogP) is 5.65. The summed E-state index contributed by atoms with van der Waals surface area (Å²) in [7, 11) is 0. The van der Waals surface area contributed by atoms with Crippen LogP contribution in [0.2, 0.25) is 0 Å². The highest BCUT2D eigenvalue weighted by molar-refractivity contribution is 5.71. The number of hydrogen-bond donors (Lipinski definition) is 0. The van der Waals surface area contributed by atoms with Gasteiger partial charge in [0.15, 0.2) is 0 Å². The number of aryl methyl sites for hydroxylation is 4. The van der Waals surface area contributed by atoms with E-state index < -0.39 is 0 Å². The van der Waals surface area contributed by atoms with E-state index in [1.165, 1.54) is 33.4 Å². The van der Waals surface area contributed by atoms with E-state index in [0.29, 0.717) is 0 Å². The zero-order valence-corrected chi connectivity index (χ0v) is 13.6. The molecular weight excluding hydrogens is 266 g/mol. The molecule has 1 aromatic heterocycles. The molecule has 0 bridgehead atoms. The zero-order valence-electron chi connectivity index (χ0n) is 13.6. The topological polar surface area (TPSA) is 12.9 Å². The molecule has 0 aliphatic heterocycles. The molecule has 0 atom stereocenters. The largest absolute Gasteiger partial charge is 0.247 e. The summed E-state index contributed by atoms with van der Waals surface area (Å²) in [5.74, 6) is 0. The van der Waals surface area contributed by atoms with E-state index in [0.717, 1.165) is 11.4 Å². The van der Waals surface area contributed by atoms with Gasteiger partial charge in [-0.05, 0) is 38.8 Å². The summed E-state index contributed by atoms with van der Waals surface area (Å²) in [5.41, 5.74) is 9.48. The molecule has 1 heterocycles. The Morgan fingerprint density at radius 2 is 0.909 bits per heavy atom. The molecule has 0 saturated carbocycles. The lowest BCUT2D eigenvalue weighted by Gasteiger charge is -2.12. The Bertz CT molecular complexity index is 730. The van der Waals surface area contributed by atoms with Gasteiger partial charge in [0.25, 0.3) is 0 Å². The molecule has 0 unspecified atom stereocenters. The number of benzene rings is 2. The Hall–Kier alpha value is -2.41. The van der Waals surface area contributed by atoms with Gasteiger partial charge in [0.2, 0.25) is 0 Å². The van der Waals surface area contributed by atoms with Crippen molar-refractivity contribution in [1.29, 1.82) is 0 Å². The second-order valence-corrected chi connectivity index (χ2v) is 6.05. The normalized spacial score (nSPS) is 10.7. The molecule has 3 rings (SSSR count). The molecule has 0 N–H and O–H groups in total. The van der Waals surface area contributed by atoms with E-state index in [2.05, 4.69) is 82.3 Å². The Morgan fingerprint density at radius 3 is 1.27 bits per heavy atom. The van der Waals surface area contributed by atoms with Crippen LogP contribution in [0.4, 0.5) is 0 Å². The van der Waals surface area contributed by atoms with Gasteiger partial charge in [-0.25, -0.2) is 4.98 Å². The van der Waals surface area contributed by atoms with Crippen molar-refractivity contribution in [2.75, 3.05) is 0 Å². The van der Waals surface area contributed by atoms with Crippen LogP contribution >= 0.6 is 0 Å². The molecule has 0 saturated heterocycles. The summed E-state index contributed by atoms with van der Waals surface area (Å²) in [6.07, 6.45) is 0. The monoisotopic (exact) mass is 287 g/mol. The van der Waals surface area contributed by atoms with Crippen molar-refractivity contribution in [2.24, 2.45) is 0 Å². The first-order valence-corrected chi connectivity index (χ1v) is 7.67. The van der Waals surface area contributed by atoms with Gasteiger partial charge < -0.3 is 0 Å². The maximum Gasteiger partial charge on any atom is 0.0738 e. The molecule has 0 amide bonds. The molecular formula is C21H21N. The Kier molecular flexibility index (Phi) is 3.81. The second kappa shape index (κ2) is 5.76. The average molecular weight is 287 g/mol.